The van der Waals surface area contributed by atoms with Crippen LogP contribution in [0.1, 0.15) is 15.9 Å². The van der Waals surface area contributed by atoms with Crippen molar-refractivity contribution in [3.8, 4) is 0 Å². The molecule has 0 fully saturated rings. The largest absolute Gasteiger partial charge is 0.348 e. The number of amides is 1. The molecular weight excluding hydrogens is 276 g/mol. The number of nitrogens with zero attached hydrogens (tertiary/aromatic N) is 1. The van der Waals surface area contributed by atoms with Gasteiger partial charge in [-0.05, 0) is 29.8 Å². The van der Waals surface area contributed by atoms with E-state index in [1.165, 1.54) is 12.1 Å². The number of carbonyl (C=O) groups excluding carboxylic acids is 1. The molecule has 0 aliphatic rings. The van der Waals surface area contributed by atoms with E-state index in [4.69, 9.17) is 0 Å². The van der Waals surface area contributed by atoms with E-state index in [9.17, 15) is 13.2 Å². The Labute approximate surface area is 117 Å². The van der Waals surface area contributed by atoms with E-state index in [1.54, 1.807) is 30.6 Å². The van der Waals surface area contributed by atoms with E-state index in [1.807, 2.05) is 6.07 Å². The van der Waals surface area contributed by atoms with E-state index < -0.39 is 9.84 Å². The zero-order valence-electron chi connectivity index (χ0n) is 10.9. The van der Waals surface area contributed by atoms with Crippen LogP contribution in [0.25, 0.3) is 0 Å². The summed E-state index contributed by atoms with van der Waals surface area (Å²) in [6.07, 6.45) is 4.42. The van der Waals surface area contributed by atoms with Gasteiger partial charge in [-0.25, -0.2) is 8.42 Å². The summed E-state index contributed by atoms with van der Waals surface area (Å²) >= 11 is 0. The fraction of sp³-hybridized carbons (Fsp3) is 0.143. The Morgan fingerprint density at radius 1 is 1.25 bits per heavy atom. The fourth-order valence-corrected chi connectivity index (χ4v) is 2.32. The van der Waals surface area contributed by atoms with Gasteiger partial charge in [0.25, 0.3) is 5.91 Å². The molecular formula is C14H14N2O3S. The van der Waals surface area contributed by atoms with E-state index in [0.717, 1.165) is 11.8 Å². The van der Waals surface area contributed by atoms with Gasteiger partial charge in [-0.3, -0.25) is 9.78 Å². The second-order valence-electron chi connectivity index (χ2n) is 4.34. The fourth-order valence-electron chi connectivity index (χ4n) is 1.66. The molecule has 0 aliphatic carbocycles. The number of sulfone groups is 1. The highest BCUT2D eigenvalue weighted by atomic mass is 32.2. The maximum Gasteiger partial charge on any atom is 0.251 e. The smallest absolute Gasteiger partial charge is 0.251 e. The average molecular weight is 290 g/mol. The van der Waals surface area contributed by atoms with Gasteiger partial charge in [0.15, 0.2) is 9.84 Å². The van der Waals surface area contributed by atoms with Gasteiger partial charge in [-0.15, -0.1) is 0 Å². The molecule has 1 N–H and O–H groups in total. The van der Waals surface area contributed by atoms with Crippen molar-refractivity contribution in [3.05, 3.63) is 59.9 Å². The lowest BCUT2D eigenvalue weighted by Gasteiger charge is -2.06. The molecule has 1 amide bonds. The van der Waals surface area contributed by atoms with Crippen molar-refractivity contribution in [1.29, 1.82) is 0 Å². The Morgan fingerprint density at radius 2 is 2.05 bits per heavy atom. The average Bonchev–Trinajstić information content (AvgIpc) is 2.45. The first-order chi connectivity index (χ1) is 9.47. The predicted octanol–water partition coefficient (Wildman–Crippen LogP) is 1.42. The van der Waals surface area contributed by atoms with Gasteiger partial charge in [0, 0.05) is 30.8 Å². The summed E-state index contributed by atoms with van der Waals surface area (Å²) in [5.41, 5.74) is 1.19. The third-order valence-corrected chi connectivity index (χ3v) is 3.81. The molecule has 0 radical (unpaired) electrons. The molecule has 1 heterocycles. The Morgan fingerprint density at radius 3 is 2.70 bits per heavy atom. The van der Waals surface area contributed by atoms with Crippen LogP contribution in [0.3, 0.4) is 0 Å². The molecule has 1 aromatic heterocycles. The molecule has 0 spiro atoms. The van der Waals surface area contributed by atoms with Crippen LogP contribution < -0.4 is 5.32 Å². The van der Waals surface area contributed by atoms with E-state index in [-0.39, 0.29) is 10.8 Å². The van der Waals surface area contributed by atoms with E-state index >= 15 is 0 Å². The van der Waals surface area contributed by atoms with Gasteiger partial charge in [0.1, 0.15) is 0 Å². The van der Waals surface area contributed by atoms with Gasteiger partial charge < -0.3 is 5.32 Å². The van der Waals surface area contributed by atoms with Crippen LogP contribution in [-0.2, 0) is 16.4 Å². The highest BCUT2D eigenvalue weighted by Gasteiger charge is 2.11. The first-order valence-electron chi connectivity index (χ1n) is 5.94. The number of aromatic nitrogens is 1. The third-order valence-electron chi connectivity index (χ3n) is 2.70. The van der Waals surface area contributed by atoms with Crippen LogP contribution in [0.4, 0.5) is 0 Å². The number of rotatable bonds is 4. The summed E-state index contributed by atoms with van der Waals surface area (Å²) in [6, 6.07) is 9.59. The maximum absolute atomic E-state index is 12.0. The van der Waals surface area contributed by atoms with Crippen molar-refractivity contribution in [2.75, 3.05) is 6.26 Å². The van der Waals surface area contributed by atoms with Gasteiger partial charge in [0.2, 0.25) is 0 Å². The van der Waals surface area contributed by atoms with Crippen molar-refractivity contribution >= 4 is 15.7 Å². The van der Waals surface area contributed by atoms with Crippen LogP contribution in [0.2, 0.25) is 0 Å². The summed E-state index contributed by atoms with van der Waals surface area (Å²) in [4.78, 5) is 16.1. The molecule has 0 atom stereocenters. The van der Waals surface area contributed by atoms with Gasteiger partial charge in [-0.1, -0.05) is 12.1 Å². The van der Waals surface area contributed by atoms with Crippen LogP contribution in [0, 0.1) is 0 Å². The second-order valence-corrected chi connectivity index (χ2v) is 6.36. The van der Waals surface area contributed by atoms with Crippen molar-refractivity contribution in [2.24, 2.45) is 0 Å². The molecule has 6 heteroatoms. The molecule has 0 saturated heterocycles. The van der Waals surface area contributed by atoms with E-state index in [2.05, 4.69) is 10.3 Å². The van der Waals surface area contributed by atoms with Crippen molar-refractivity contribution in [1.82, 2.24) is 10.3 Å². The monoisotopic (exact) mass is 290 g/mol. The number of pyridine rings is 1. The number of hydrogen-bond donors (Lipinski definition) is 1. The molecule has 2 rings (SSSR count). The Balaban J connectivity index is 2.10. The Kier molecular flexibility index (Phi) is 4.14. The second kappa shape index (κ2) is 5.83. The minimum absolute atomic E-state index is 0.131. The molecule has 0 aliphatic heterocycles. The van der Waals surface area contributed by atoms with Gasteiger partial charge in [0.05, 0.1) is 4.90 Å². The number of carbonyl (C=O) groups is 1. The molecule has 0 saturated carbocycles. The van der Waals surface area contributed by atoms with E-state index in [0.29, 0.717) is 12.1 Å². The minimum Gasteiger partial charge on any atom is -0.348 e. The molecule has 0 bridgehead atoms. The van der Waals surface area contributed by atoms with Crippen molar-refractivity contribution in [2.45, 2.75) is 11.4 Å². The minimum atomic E-state index is -3.32. The molecule has 2 aromatic rings. The van der Waals surface area contributed by atoms with Crippen LogP contribution >= 0.6 is 0 Å². The lowest BCUT2D eigenvalue weighted by atomic mass is 10.2. The predicted molar refractivity (Wildman–Crippen MR) is 75.0 cm³/mol. The quantitative estimate of drug-likeness (QED) is 0.924. The zero-order valence-corrected chi connectivity index (χ0v) is 11.7. The van der Waals surface area contributed by atoms with Crippen molar-refractivity contribution < 1.29 is 13.2 Å². The molecule has 104 valence electrons. The Bertz CT molecular complexity index is 712. The number of hydrogen-bond acceptors (Lipinski definition) is 4. The zero-order chi connectivity index (χ0) is 14.6. The number of benzene rings is 1. The standard InChI is InChI=1S/C14H14N2O3S/c1-20(18,19)13-6-2-5-12(8-13)14(17)16-10-11-4-3-7-15-9-11/h2-9H,10H2,1H3,(H,16,17). The summed E-state index contributed by atoms with van der Waals surface area (Å²) in [7, 11) is -3.32. The highest BCUT2D eigenvalue weighted by molar-refractivity contribution is 7.90. The topological polar surface area (TPSA) is 76.1 Å². The van der Waals surface area contributed by atoms with Gasteiger partial charge >= 0.3 is 0 Å². The first kappa shape index (κ1) is 14.2. The third kappa shape index (κ3) is 3.64. The number of nitrogens with one attached hydrogen (secondary N) is 1. The van der Waals surface area contributed by atoms with Crippen molar-refractivity contribution in [3.63, 3.8) is 0 Å². The molecule has 0 unspecified atom stereocenters. The Hall–Kier alpha value is -2.21. The lowest BCUT2D eigenvalue weighted by Crippen LogP contribution is -2.23. The van der Waals surface area contributed by atoms with Crippen LogP contribution in [0.15, 0.2) is 53.7 Å². The molecule has 5 nitrogen and oxygen atoms in total. The molecule has 1 aromatic carbocycles. The maximum atomic E-state index is 12.0. The van der Waals surface area contributed by atoms with Crippen LogP contribution in [0.5, 0.6) is 0 Å². The highest BCUT2D eigenvalue weighted by Crippen LogP contribution is 2.11. The summed E-state index contributed by atoms with van der Waals surface area (Å²) in [6.45, 7) is 0.343. The van der Waals surface area contributed by atoms with Crippen LogP contribution in [-0.4, -0.2) is 25.6 Å². The summed E-state index contributed by atoms with van der Waals surface area (Å²) < 4.78 is 22.9. The normalized spacial score (nSPS) is 11.1. The first-order valence-corrected chi connectivity index (χ1v) is 7.83. The summed E-state index contributed by atoms with van der Waals surface area (Å²) in [5, 5.41) is 2.72. The SMILES string of the molecule is CS(=O)(=O)c1cccc(C(=O)NCc2cccnc2)c1. The molecule has 20 heavy (non-hydrogen) atoms. The lowest BCUT2D eigenvalue weighted by molar-refractivity contribution is 0.0950. The summed E-state index contributed by atoms with van der Waals surface area (Å²) in [5.74, 6) is -0.320. The van der Waals surface area contributed by atoms with Gasteiger partial charge in [-0.2, -0.15) is 0 Å².